The van der Waals surface area contributed by atoms with Crippen LogP contribution in [0, 0.1) is 0 Å². The fourth-order valence-electron chi connectivity index (χ4n) is 0.989. The highest BCUT2D eigenvalue weighted by Crippen LogP contribution is 2.23. The van der Waals surface area contributed by atoms with E-state index < -0.39 is 0 Å². The summed E-state index contributed by atoms with van der Waals surface area (Å²) in [7, 11) is 0. The first-order valence-corrected chi connectivity index (χ1v) is 3.20. The molecule has 56 valence electrons. The van der Waals surface area contributed by atoms with Gasteiger partial charge in [-0.25, -0.2) is 4.98 Å². The molecule has 0 amide bonds. The zero-order valence-corrected chi connectivity index (χ0v) is 5.70. The zero-order valence-electron chi connectivity index (χ0n) is 5.70. The summed E-state index contributed by atoms with van der Waals surface area (Å²) in [5.41, 5.74) is 5.73. The van der Waals surface area contributed by atoms with E-state index in [4.69, 9.17) is 10.5 Å². The average Bonchev–Trinajstić information content (AvgIpc) is 2.33. The lowest BCUT2D eigenvalue weighted by molar-refractivity contribution is 0.0958. The number of Topliss-reactive ketones (excluding diaryl/α,β-unsaturated/α-hetero) is 1. The Bertz CT molecular complexity index is 322. The Morgan fingerprint density at radius 1 is 1.55 bits per heavy atom. The summed E-state index contributed by atoms with van der Waals surface area (Å²) in [6, 6.07) is 3.26. The van der Waals surface area contributed by atoms with Crippen molar-refractivity contribution < 1.29 is 9.53 Å². The Hall–Kier alpha value is -1.58. The minimum absolute atomic E-state index is 0.0891. The normalized spacial score (nSPS) is 14.4. The number of anilines is 1. The molecule has 4 nitrogen and oxygen atoms in total. The van der Waals surface area contributed by atoms with Crippen molar-refractivity contribution in [3.8, 4) is 5.75 Å². The van der Waals surface area contributed by atoms with Crippen molar-refractivity contribution in [2.75, 3.05) is 12.3 Å². The van der Waals surface area contributed by atoms with Crippen molar-refractivity contribution in [3.63, 3.8) is 0 Å². The Labute approximate surface area is 63.0 Å². The molecule has 0 aromatic carbocycles. The summed E-state index contributed by atoms with van der Waals surface area (Å²) in [5, 5.41) is 0. The van der Waals surface area contributed by atoms with Crippen LogP contribution in [0.2, 0.25) is 0 Å². The predicted octanol–water partition coefficient (Wildman–Crippen LogP) is 0.239. The van der Waals surface area contributed by atoms with Crippen molar-refractivity contribution in [1.82, 2.24) is 4.98 Å². The van der Waals surface area contributed by atoms with Gasteiger partial charge in [0.15, 0.2) is 12.3 Å². The Morgan fingerprint density at radius 2 is 2.36 bits per heavy atom. The van der Waals surface area contributed by atoms with E-state index in [2.05, 4.69) is 4.98 Å². The number of hydrogen-bond acceptors (Lipinski definition) is 4. The molecule has 1 aliphatic rings. The van der Waals surface area contributed by atoms with Gasteiger partial charge in [0.1, 0.15) is 11.6 Å². The molecule has 1 aromatic heterocycles. The number of nitrogens with zero attached hydrogens (tertiary/aromatic N) is 1. The van der Waals surface area contributed by atoms with E-state index in [9.17, 15) is 4.79 Å². The van der Waals surface area contributed by atoms with Crippen LogP contribution in [-0.2, 0) is 0 Å². The smallest absolute Gasteiger partial charge is 0.222 e. The van der Waals surface area contributed by atoms with E-state index >= 15 is 0 Å². The van der Waals surface area contributed by atoms with Crippen LogP contribution in [0.4, 0.5) is 5.82 Å². The van der Waals surface area contributed by atoms with Gasteiger partial charge in [0.2, 0.25) is 5.78 Å². The molecule has 0 saturated heterocycles. The number of carbonyl (C=O) groups excluding carboxylic acids is 1. The third kappa shape index (κ3) is 0.832. The number of nitrogens with two attached hydrogens (primary N) is 1. The van der Waals surface area contributed by atoms with Crippen LogP contribution in [-0.4, -0.2) is 17.4 Å². The first-order chi connectivity index (χ1) is 5.27. The molecule has 0 aliphatic carbocycles. The monoisotopic (exact) mass is 150 g/mol. The quantitative estimate of drug-likeness (QED) is 0.575. The molecule has 11 heavy (non-hydrogen) atoms. The number of pyridine rings is 1. The van der Waals surface area contributed by atoms with E-state index in [1.165, 1.54) is 0 Å². The molecule has 0 radical (unpaired) electrons. The first kappa shape index (κ1) is 6.15. The van der Waals surface area contributed by atoms with Gasteiger partial charge in [-0.15, -0.1) is 0 Å². The van der Waals surface area contributed by atoms with Crippen LogP contribution in [0.3, 0.4) is 0 Å². The number of carbonyl (C=O) groups is 1. The first-order valence-electron chi connectivity index (χ1n) is 3.20. The molecule has 2 rings (SSSR count). The van der Waals surface area contributed by atoms with Gasteiger partial charge in [0.25, 0.3) is 0 Å². The van der Waals surface area contributed by atoms with Crippen LogP contribution in [0.1, 0.15) is 10.5 Å². The fourth-order valence-corrected chi connectivity index (χ4v) is 0.989. The summed E-state index contributed by atoms with van der Waals surface area (Å²) in [4.78, 5) is 14.8. The largest absolute Gasteiger partial charge is 0.483 e. The standard InChI is InChI=1S/C7H6N2O2/c8-6-2-1-5-7(9-6)4(10)3-11-5/h1-2H,3H2,(H2,8,9). The van der Waals surface area contributed by atoms with Gasteiger partial charge in [-0.1, -0.05) is 0 Å². The number of ether oxygens (including phenoxy) is 1. The second kappa shape index (κ2) is 1.95. The number of nitrogen functional groups attached to an aromatic ring is 1. The minimum Gasteiger partial charge on any atom is -0.483 e. The summed E-state index contributed by atoms with van der Waals surface area (Å²) in [5.74, 6) is 0.777. The number of hydrogen-bond donors (Lipinski definition) is 1. The van der Waals surface area contributed by atoms with E-state index in [1.807, 2.05) is 0 Å². The topological polar surface area (TPSA) is 65.2 Å². The summed E-state index contributed by atoms with van der Waals surface area (Å²) < 4.78 is 5.00. The zero-order chi connectivity index (χ0) is 7.84. The van der Waals surface area contributed by atoms with Crippen molar-refractivity contribution in [1.29, 1.82) is 0 Å². The molecular formula is C7H6N2O2. The molecule has 0 bridgehead atoms. The molecule has 1 aromatic rings. The van der Waals surface area contributed by atoms with Gasteiger partial charge in [-0.05, 0) is 12.1 Å². The summed E-state index contributed by atoms with van der Waals surface area (Å²) in [6.45, 7) is 0.0891. The van der Waals surface area contributed by atoms with E-state index in [1.54, 1.807) is 12.1 Å². The maximum absolute atomic E-state index is 11.0. The molecule has 4 heteroatoms. The maximum Gasteiger partial charge on any atom is 0.222 e. The minimum atomic E-state index is -0.104. The second-order valence-electron chi connectivity index (χ2n) is 2.29. The molecule has 2 N–H and O–H groups in total. The highest BCUT2D eigenvalue weighted by atomic mass is 16.5. The Kier molecular flexibility index (Phi) is 1.09. The van der Waals surface area contributed by atoms with Crippen molar-refractivity contribution in [2.45, 2.75) is 0 Å². The molecule has 0 atom stereocenters. The van der Waals surface area contributed by atoms with Crippen LogP contribution in [0.5, 0.6) is 5.75 Å². The SMILES string of the molecule is Nc1ccc2c(n1)C(=O)CO2. The van der Waals surface area contributed by atoms with Gasteiger partial charge < -0.3 is 10.5 Å². The Balaban J connectivity index is 2.60. The van der Waals surface area contributed by atoms with Crippen LogP contribution >= 0.6 is 0 Å². The van der Waals surface area contributed by atoms with Crippen molar-refractivity contribution in [3.05, 3.63) is 17.8 Å². The van der Waals surface area contributed by atoms with Gasteiger partial charge in [-0.2, -0.15) is 0 Å². The molecular weight excluding hydrogens is 144 g/mol. The van der Waals surface area contributed by atoms with Gasteiger partial charge >= 0.3 is 0 Å². The van der Waals surface area contributed by atoms with E-state index in [-0.39, 0.29) is 12.4 Å². The van der Waals surface area contributed by atoms with Crippen LogP contribution < -0.4 is 10.5 Å². The highest BCUT2D eigenvalue weighted by Gasteiger charge is 2.22. The Morgan fingerprint density at radius 3 is 3.18 bits per heavy atom. The number of rotatable bonds is 0. The third-order valence-corrected chi connectivity index (χ3v) is 1.50. The van der Waals surface area contributed by atoms with Crippen LogP contribution in [0.15, 0.2) is 12.1 Å². The lowest BCUT2D eigenvalue weighted by Crippen LogP contribution is -2.01. The maximum atomic E-state index is 11.0. The predicted molar refractivity (Wildman–Crippen MR) is 38.5 cm³/mol. The van der Waals surface area contributed by atoms with Gasteiger partial charge in [-0.3, -0.25) is 4.79 Å². The fraction of sp³-hybridized carbons (Fsp3) is 0.143. The number of ketones is 1. The molecule has 0 fully saturated rings. The molecule has 2 heterocycles. The second-order valence-corrected chi connectivity index (χ2v) is 2.29. The number of fused-ring (bicyclic) bond motifs is 1. The molecule has 1 aliphatic heterocycles. The van der Waals surface area contributed by atoms with Crippen LogP contribution in [0.25, 0.3) is 0 Å². The summed E-state index contributed by atoms with van der Waals surface area (Å²) in [6.07, 6.45) is 0. The van der Waals surface area contributed by atoms with Gasteiger partial charge in [0.05, 0.1) is 0 Å². The third-order valence-electron chi connectivity index (χ3n) is 1.50. The molecule has 0 unspecified atom stereocenters. The van der Waals surface area contributed by atoms with E-state index in [0.717, 1.165) is 0 Å². The van der Waals surface area contributed by atoms with Gasteiger partial charge in [0, 0.05) is 0 Å². The number of aromatic nitrogens is 1. The molecule has 0 spiro atoms. The average molecular weight is 150 g/mol. The summed E-state index contributed by atoms with van der Waals surface area (Å²) >= 11 is 0. The van der Waals surface area contributed by atoms with E-state index in [0.29, 0.717) is 17.3 Å². The lowest BCUT2D eigenvalue weighted by Gasteiger charge is -1.95. The highest BCUT2D eigenvalue weighted by molar-refractivity contribution is 6.00. The van der Waals surface area contributed by atoms with Crippen molar-refractivity contribution in [2.24, 2.45) is 0 Å². The lowest BCUT2D eigenvalue weighted by atomic mass is 10.3. The van der Waals surface area contributed by atoms with Crippen molar-refractivity contribution >= 4 is 11.6 Å². The molecule has 0 saturated carbocycles.